The zero-order valence-electron chi connectivity index (χ0n) is 9.86. The Balaban J connectivity index is 2.23. The minimum Gasteiger partial charge on any atom is -0.495 e. The molecule has 0 aliphatic heterocycles. The van der Waals surface area contributed by atoms with E-state index in [-0.39, 0.29) is 11.6 Å². The van der Waals surface area contributed by atoms with Crippen molar-refractivity contribution in [2.24, 2.45) is 0 Å². The number of carbonyl (C=O) groups is 1. The number of methoxy groups -OCH3 is 1. The molecule has 94 valence electrons. The number of aryl methyl sites for hydroxylation is 1. The summed E-state index contributed by atoms with van der Waals surface area (Å²) in [5, 5.41) is 3.16. The highest BCUT2D eigenvalue weighted by atomic mass is 35.5. The molecule has 0 spiro atoms. The lowest BCUT2D eigenvalue weighted by molar-refractivity contribution is 0.102. The highest BCUT2D eigenvalue weighted by molar-refractivity contribution is 6.31. The molecule has 0 unspecified atom stereocenters. The predicted molar refractivity (Wildman–Crippen MR) is 67.2 cm³/mol. The molecular weight excluding hydrogens is 256 g/mol. The number of ether oxygens (including phenoxy) is 1. The Morgan fingerprint density at radius 2 is 2.28 bits per heavy atom. The van der Waals surface area contributed by atoms with E-state index >= 15 is 0 Å². The summed E-state index contributed by atoms with van der Waals surface area (Å²) in [4.78, 5) is 15.8. The number of hydrogen-bond acceptors (Lipinski definition) is 4. The quantitative estimate of drug-likeness (QED) is 0.928. The van der Waals surface area contributed by atoms with Crippen LogP contribution in [-0.2, 0) is 0 Å². The molecule has 0 saturated carbocycles. The lowest BCUT2D eigenvalue weighted by Gasteiger charge is -2.09. The van der Waals surface area contributed by atoms with Crippen LogP contribution in [0.15, 0.2) is 28.9 Å². The maximum atomic E-state index is 11.9. The van der Waals surface area contributed by atoms with E-state index in [0.29, 0.717) is 22.4 Å². The van der Waals surface area contributed by atoms with Crippen LogP contribution >= 0.6 is 11.6 Å². The monoisotopic (exact) mass is 266 g/mol. The number of hydrogen-bond donors (Lipinski definition) is 1. The van der Waals surface area contributed by atoms with Gasteiger partial charge < -0.3 is 14.5 Å². The molecule has 0 aliphatic carbocycles. The number of nitrogens with one attached hydrogen (secondary N) is 1. The van der Waals surface area contributed by atoms with Gasteiger partial charge in [0.1, 0.15) is 12.0 Å². The van der Waals surface area contributed by atoms with E-state index in [0.717, 1.165) is 0 Å². The van der Waals surface area contributed by atoms with Crippen LogP contribution in [0.25, 0.3) is 0 Å². The number of halogens is 1. The molecule has 1 aromatic carbocycles. The van der Waals surface area contributed by atoms with E-state index in [1.165, 1.54) is 13.4 Å². The van der Waals surface area contributed by atoms with E-state index in [9.17, 15) is 4.79 Å². The third kappa shape index (κ3) is 2.62. The average Bonchev–Trinajstić information content (AvgIpc) is 2.76. The summed E-state index contributed by atoms with van der Waals surface area (Å²) in [5.41, 5.74) is 0.685. The van der Waals surface area contributed by atoms with Crippen molar-refractivity contribution in [3.8, 4) is 5.75 Å². The van der Waals surface area contributed by atoms with Gasteiger partial charge in [-0.1, -0.05) is 11.6 Å². The van der Waals surface area contributed by atoms with Crippen molar-refractivity contribution in [2.45, 2.75) is 6.92 Å². The SMILES string of the molecule is COc1ccc(Cl)cc1NC(=O)c1coc(C)n1. The number of benzene rings is 1. The van der Waals surface area contributed by atoms with Gasteiger partial charge in [-0.15, -0.1) is 0 Å². The first-order valence-corrected chi connectivity index (χ1v) is 5.55. The van der Waals surface area contributed by atoms with Crippen molar-refractivity contribution < 1.29 is 13.9 Å². The van der Waals surface area contributed by atoms with E-state index in [1.807, 2.05) is 0 Å². The van der Waals surface area contributed by atoms with Gasteiger partial charge in [-0.3, -0.25) is 4.79 Å². The van der Waals surface area contributed by atoms with Crippen LogP contribution in [0.4, 0.5) is 5.69 Å². The summed E-state index contributed by atoms with van der Waals surface area (Å²) in [5.74, 6) is 0.568. The zero-order chi connectivity index (χ0) is 13.1. The molecule has 2 rings (SSSR count). The van der Waals surface area contributed by atoms with Gasteiger partial charge in [0.25, 0.3) is 5.91 Å². The fourth-order valence-corrected chi connectivity index (χ4v) is 1.60. The summed E-state index contributed by atoms with van der Waals surface area (Å²) in [7, 11) is 1.51. The first-order chi connectivity index (χ1) is 8.60. The molecule has 6 heteroatoms. The van der Waals surface area contributed by atoms with E-state index in [2.05, 4.69) is 10.3 Å². The van der Waals surface area contributed by atoms with Crippen molar-refractivity contribution >= 4 is 23.2 Å². The third-order valence-electron chi connectivity index (χ3n) is 2.26. The smallest absolute Gasteiger partial charge is 0.277 e. The molecule has 0 atom stereocenters. The molecule has 18 heavy (non-hydrogen) atoms. The molecule has 1 amide bonds. The van der Waals surface area contributed by atoms with Crippen LogP contribution in [0.1, 0.15) is 16.4 Å². The Morgan fingerprint density at radius 3 is 2.89 bits per heavy atom. The van der Waals surface area contributed by atoms with E-state index in [4.69, 9.17) is 20.8 Å². The maximum Gasteiger partial charge on any atom is 0.277 e. The molecule has 5 nitrogen and oxygen atoms in total. The minimum atomic E-state index is -0.382. The van der Waals surface area contributed by atoms with E-state index in [1.54, 1.807) is 25.1 Å². The van der Waals surface area contributed by atoms with Crippen LogP contribution < -0.4 is 10.1 Å². The fraction of sp³-hybridized carbons (Fsp3) is 0.167. The number of anilines is 1. The Hall–Kier alpha value is -2.01. The summed E-state index contributed by atoms with van der Waals surface area (Å²) in [6.07, 6.45) is 1.29. The number of nitrogens with zero attached hydrogens (tertiary/aromatic N) is 1. The molecule has 0 radical (unpaired) electrons. The second-order valence-corrected chi connectivity index (χ2v) is 3.99. The standard InChI is InChI=1S/C12H11ClN2O3/c1-7-14-10(6-18-7)12(16)15-9-5-8(13)3-4-11(9)17-2/h3-6H,1-2H3,(H,15,16). The number of rotatable bonds is 3. The molecule has 0 saturated heterocycles. The largest absolute Gasteiger partial charge is 0.495 e. The second-order valence-electron chi connectivity index (χ2n) is 3.55. The molecule has 0 bridgehead atoms. The van der Waals surface area contributed by atoms with Gasteiger partial charge in [0, 0.05) is 11.9 Å². The first kappa shape index (κ1) is 12.4. The van der Waals surface area contributed by atoms with Crippen LogP contribution in [0.3, 0.4) is 0 Å². The zero-order valence-corrected chi connectivity index (χ0v) is 10.6. The van der Waals surface area contributed by atoms with Crippen molar-refractivity contribution in [3.63, 3.8) is 0 Å². The second kappa shape index (κ2) is 5.10. The maximum absolute atomic E-state index is 11.9. The molecular formula is C12H11ClN2O3. The lowest BCUT2D eigenvalue weighted by atomic mass is 10.3. The summed E-state index contributed by atoms with van der Waals surface area (Å²) >= 11 is 5.87. The third-order valence-corrected chi connectivity index (χ3v) is 2.50. The van der Waals surface area contributed by atoms with Crippen molar-refractivity contribution in [2.75, 3.05) is 12.4 Å². The Labute approximate surface area is 109 Å². The molecule has 2 aromatic rings. The molecule has 1 N–H and O–H groups in total. The van der Waals surface area contributed by atoms with Crippen LogP contribution in [0.5, 0.6) is 5.75 Å². The van der Waals surface area contributed by atoms with Gasteiger partial charge in [-0.05, 0) is 18.2 Å². The predicted octanol–water partition coefficient (Wildman–Crippen LogP) is 2.90. The normalized spacial score (nSPS) is 10.2. The first-order valence-electron chi connectivity index (χ1n) is 5.17. The average molecular weight is 267 g/mol. The van der Waals surface area contributed by atoms with Crippen LogP contribution in [0, 0.1) is 6.92 Å². The van der Waals surface area contributed by atoms with Crippen LogP contribution in [0.2, 0.25) is 5.02 Å². The van der Waals surface area contributed by atoms with Gasteiger partial charge in [-0.2, -0.15) is 0 Å². The lowest BCUT2D eigenvalue weighted by Crippen LogP contribution is -2.13. The highest BCUT2D eigenvalue weighted by Gasteiger charge is 2.13. The molecule has 0 fully saturated rings. The minimum absolute atomic E-state index is 0.203. The van der Waals surface area contributed by atoms with Crippen molar-refractivity contribution in [1.29, 1.82) is 0 Å². The summed E-state index contributed by atoms with van der Waals surface area (Å²) in [6.45, 7) is 1.66. The number of aromatic nitrogens is 1. The molecule has 1 aromatic heterocycles. The van der Waals surface area contributed by atoms with Gasteiger partial charge in [0.05, 0.1) is 12.8 Å². The van der Waals surface area contributed by atoms with Gasteiger partial charge in [0.2, 0.25) is 0 Å². The summed E-state index contributed by atoms with van der Waals surface area (Å²) < 4.78 is 10.1. The molecule has 0 aliphatic rings. The van der Waals surface area contributed by atoms with Crippen molar-refractivity contribution in [1.82, 2.24) is 4.98 Å². The van der Waals surface area contributed by atoms with Gasteiger partial charge in [-0.25, -0.2) is 4.98 Å². The Morgan fingerprint density at radius 1 is 1.50 bits per heavy atom. The molecule has 1 heterocycles. The van der Waals surface area contributed by atoms with Crippen LogP contribution in [-0.4, -0.2) is 18.0 Å². The Bertz CT molecular complexity index is 580. The topological polar surface area (TPSA) is 64.4 Å². The van der Waals surface area contributed by atoms with Gasteiger partial charge >= 0.3 is 0 Å². The fourth-order valence-electron chi connectivity index (χ4n) is 1.43. The number of carbonyl (C=O) groups excluding carboxylic acids is 1. The van der Waals surface area contributed by atoms with E-state index < -0.39 is 0 Å². The van der Waals surface area contributed by atoms with Crippen molar-refractivity contribution in [3.05, 3.63) is 41.1 Å². The van der Waals surface area contributed by atoms with Gasteiger partial charge in [0.15, 0.2) is 11.6 Å². The highest BCUT2D eigenvalue weighted by Crippen LogP contribution is 2.27. The summed E-state index contributed by atoms with van der Waals surface area (Å²) in [6, 6.07) is 4.95. The Kier molecular flexibility index (Phi) is 3.53. The number of amides is 1. The number of oxazole rings is 1.